The summed E-state index contributed by atoms with van der Waals surface area (Å²) in [6.45, 7) is 8.28. The maximum Gasteiger partial charge on any atom is 0.220 e. The summed E-state index contributed by atoms with van der Waals surface area (Å²) in [5.41, 5.74) is 5.66. The normalized spacial score (nSPS) is 11.2. The minimum atomic E-state index is 0.0699. The van der Waals surface area contributed by atoms with Gasteiger partial charge in [-0.15, -0.1) is 0 Å². The van der Waals surface area contributed by atoms with Crippen LogP contribution in [0.5, 0.6) is 5.75 Å². The first kappa shape index (κ1) is 24.5. The summed E-state index contributed by atoms with van der Waals surface area (Å²) < 4.78 is 8.47. The first-order valence-electron chi connectivity index (χ1n) is 12.5. The molecule has 5 heteroatoms. The van der Waals surface area contributed by atoms with Gasteiger partial charge in [0.2, 0.25) is 5.91 Å². The summed E-state index contributed by atoms with van der Waals surface area (Å²) in [5.74, 6) is 2.39. The number of benzene rings is 3. The van der Waals surface area contributed by atoms with Crippen LogP contribution in [0.25, 0.3) is 11.0 Å². The Bertz CT molecular complexity index is 1260. The van der Waals surface area contributed by atoms with Crippen molar-refractivity contribution in [2.75, 3.05) is 13.2 Å². The van der Waals surface area contributed by atoms with E-state index >= 15 is 0 Å². The summed E-state index contributed by atoms with van der Waals surface area (Å²) in [6.07, 6.45) is 1.91. The van der Waals surface area contributed by atoms with Crippen molar-refractivity contribution in [3.8, 4) is 5.75 Å². The second-order valence-corrected chi connectivity index (χ2v) is 9.30. The minimum Gasteiger partial charge on any atom is -0.491 e. The fraction of sp³-hybridized carbons (Fsp3) is 0.333. The molecule has 0 atom stereocenters. The molecule has 1 aromatic heterocycles. The zero-order valence-corrected chi connectivity index (χ0v) is 21.0. The van der Waals surface area contributed by atoms with Crippen LogP contribution in [-0.4, -0.2) is 28.6 Å². The molecule has 0 radical (unpaired) electrons. The molecule has 0 saturated heterocycles. The van der Waals surface area contributed by atoms with Gasteiger partial charge in [-0.05, 0) is 54.2 Å². The molecule has 0 unspecified atom stereocenters. The van der Waals surface area contributed by atoms with Crippen LogP contribution in [0.2, 0.25) is 0 Å². The van der Waals surface area contributed by atoms with Gasteiger partial charge in [-0.25, -0.2) is 4.98 Å². The third kappa shape index (κ3) is 6.50. The summed E-state index contributed by atoms with van der Waals surface area (Å²) in [7, 11) is 0. The average Bonchev–Trinajstić information content (AvgIpc) is 3.20. The lowest BCUT2D eigenvalue weighted by molar-refractivity contribution is -0.121. The number of carbonyl (C=O) groups is 1. The highest BCUT2D eigenvalue weighted by atomic mass is 16.5. The van der Waals surface area contributed by atoms with Crippen molar-refractivity contribution in [1.29, 1.82) is 0 Å². The molecule has 1 N–H and O–H groups in total. The molecule has 0 aliphatic rings. The first-order valence-corrected chi connectivity index (χ1v) is 12.5. The predicted octanol–water partition coefficient (Wildman–Crippen LogP) is 5.84. The van der Waals surface area contributed by atoms with Gasteiger partial charge < -0.3 is 14.6 Å². The lowest BCUT2D eigenvalue weighted by atomic mass is 10.0. The number of nitrogens with one attached hydrogen (secondary N) is 1. The molecule has 0 bridgehead atoms. The number of ether oxygens (including phenoxy) is 1. The van der Waals surface area contributed by atoms with Crippen LogP contribution in [0.4, 0.5) is 0 Å². The Hall–Kier alpha value is -3.60. The van der Waals surface area contributed by atoms with Crippen LogP contribution in [0.3, 0.4) is 0 Å². The molecule has 0 aliphatic carbocycles. The summed E-state index contributed by atoms with van der Waals surface area (Å²) in [4.78, 5) is 17.2. The summed E-state index contributed by atoms with van der Waals surface area (Å²) in [6, 6.07) is 24.7. The first-order chi connectivity index (χ1) is 17.0. The molecule has 0 spiro atoms. The highest BCUT2D eigenvalue weighted by molar-refractivity contribution is 5.77. The Kier molecular flexibility index (Phi) is 8.19. The van der Waals surface area contributed by atoms with Gasteiger partial charge in [-0.1, -0.05) is 68.4 Å². The van der Waals surface area contributed by atoms with Crippen molar-refractivity contribution in [3.63, 3.8) is 0 Å². The van der Waals surface area contributed by atoms with Gasteiger partial charge in [0, 0.05) is 19.4 Å². The van der Waals surface area contributed by atoms with Crippen LogP contribution in [0.1, 0.15) is 48.7 Å². The Morgan fingerprint density at radius 3 is 2.57 bits per heavy atom. The van der Waals surface area contributed by atoms with Crippen LogP contribution < -0.4 is 10.1 Å². The van der Waals surface area contributed by atoms with Crippen LogP contribution in [-0.2, 0) is 24.2 Å². The third-order valence-electron chi connectivity index (χ3n) is 6.25. The van der Waals surface area contributed by atoms with Gasteiger partial charge in [0.25, 0.3) is 0 Å². The summed E-state index contributed by atoms with van der Waals surface area (Å²) >= 11 is 0. The van der Waals surface area contributed by atoms with Gasteiger partial charge >= 0.3 is 0 Å². The number of amides is 1. The number of imidazole rings is 1. The SMILES string of the molecule is Cc1ccc(C(C)C)c(OCCn2c(CCNC(=O)CCc3ccccc3)nc3ccccc32)c1. The van der Waals surface area contributed by atoms with Gasteiger partial charge in [0.1, 0.15) is 18.2 Å². The molecule has 0 aliphatic heterocycles. The number of hydrogen-bond acceptors (Lipinski definition) is 3. The Morgan fingerprint density at radius 2 is 1.77 bits per heavy atom. The van der Waals surface area contributed by atoms with E-state index in [9.17, 15) is 4.79 Å². The van der Waals surface area contributed by atoms with Crippen molar-refractivity contribution in [2.24, 2.45) is 0 Å². The topological polar surface area (TPSA) is 56.1 Å². The quantitative estimate of drug-likeness (QED) is 0.300. The molecule has 182 valence electrons. The molecule has 0 fully saturated rings. The van der Waals surface area contributed by atoms with Crippen molar-refractivity contribution >= 4 is 16.9 Å². The molecular formula is C30H35N3O2. The molecule has 1 heterocycles. The van der Waals surface area contributed by atoms with E-state index in [1.54, 1.807) is 0 Å². The fourth-order valence-corrected chi connectivity index (χ4v) is 4.36. The van der Waals surface area contributed by atoms with E-state index in [-0.39, 0.29) is 5.91 Å². The van der Waals surface area contributed by atoms with E-state index < -0.39 is 0 Å². The maximum absolute atomic E-state index is 12.3. The smallest absolute Gasteiger partial charge is 0.220 e. The van der Waals surface area contributed by atoms with Crippen molar-refractivity contribution in [3.05, 3.63) is 95.3 Å². The van der Waals surface area contributed by atoms with E-state index in [0.29, 0.717) is 38.5 Å². The number of fused-ring (bicyclic) bond motifs is 1. The number of aryl methyl sites for hydroxylation is 2. The van der Waals surface area contributed by atoms with Gasteiger partial charge in [-0.3, -0.25) is 4.79 Å². The highest BCUT2D eigenvalue weighted by Gasteiger charge is 2.13. The van der Waals surface area contributed by atoms with Crippen molar-refractivity contribution in [1.82, 2.24) is 14.9 Å². The van der Waals surface area contributed by atoms with E-state index in [1.165, 1.54) is 16.7 Å². The molecule has 0 saturated carbocycles. The van der Waals surface area contributed by atoms with Gasteiger partial charge in [-0.2, -0.15) is 0 Å². The van der Waals surface area contributed by atoms with E-state index in [4.69, 9.17) is 9.72 Å². The van der Waals surface area contributed by atoms with E-state index in [0.717, 1.165) is 29.0 Å². The molecule has 1 amide bonds. The Balaban J connectivity index is 1.37. The molecule has 4 aromatic rings. The number of carbonyl (C=O) groups excluding carboxylic acids is 1. The highest BCUT2D eigenvalue weighted by Crippen LogP contribution is 2.27. The lowest BCUT2D eigenvalue weighted by Crippen LogP contribution is -2.27. The fourth-order valence-electron chi connectivity index (χ4n) is 4.36. The predicted molar refractivity (Wildman–Crippen MR) is 142 cm³/mol. The van der Waals surface area contributed by atoms with Crippen LogP contribution >= 0.6 is 0 Å². The Labute approximate surface area is 208 Å². The number of para-hydroxylation sites is 2. The average molecular weight is 470 g/mol. The number of rotatable bonds is 11. The van der Waals surface area contributed by atoms with Gasteiger partial charge in [0.05, 0.1) is 17.6 Å². The lowest BCUT2D eigenvalue weighted by Gasteiger charge is -2.16. The number of aromatic nitrogens is 2. The number of nitrogens with zero attached hydrogens (tertiary/aromatic N) is 2. The molecule has 35 heavy (non-hydrogen) atoms. The molecule has 5 nitrogen and oxygen atoms in total. The van der Waals surface area contributed by atoms with Gasteiger partial charge in [0.15, 0.2) is 0 Å². The standard InChI is InChI=1S/C30H35N3O2/c1-22(2)25-15-13-23(3)21-28(25)35-20-19-33-27-12-8-7-11-26(27)32-29(33)17-18-31-30(34)16-14-24-9-5-4-6-10-24/h4-13,15,21-22H,14,16-20H2,1-3H3,(H,31,34). The van der Waals surface area contributed by atoms with Crippen molar-refractivity contribution < 1.29 is 9.53 Å². The maximum atomic E-state index is 12.3. The van der Waals surface area contributed by atoms with Crippen LogP contribution in [0.15, 0.2) is 72.8 Å². The van der Waals surface area contributed by atoms with Crippen LogP contribution in [0, 0.1) is 6.92 Å². The number of hydrogen-bond donors (Lipinski definition) is 1. The largest absolute Gasteiger partial charge is 0.491 e. The zero-order chi connectivity index (χ0) is 24.6. The minimum absolute atomic E-state index is 0.0699. The zero-order valence-electron chi connectivity index (χ0n) is 21.0. The Morgan fingerprint density at radius 1 is 1.00 bits per heavy atom. The molecule has 4 rings (SSSR count). The van der Waals surface area contributed by atoms with Crippen molar-refractivity contribution in [2.45, 2.75) is 52.5 Å². The second-order valence-electron chi connectivity index (χ2n) is 9.30. The van der Waals surface area contributed by atoms with E-state index in [2.05, 4.69) is 67.1 Å². The monoisotopic (exact) mass is 469 g/mol. The summed E-state index contributed by atoms with van der Waals surface area (Å²) in [5, 5.41) is 3.06. The molecule has 3 aromatic carbocycles. The molecular weight excluding hydrogens is 434 g/mol. The third-order valence-corrected chi connectivity index (χ3v) is 6.25. The second kappa shape index (κ2) is 11.7. The van der Waals surface area contributed by atoms with E-state index in [1.807, 2.05) is 36.4 Å².